The number of aliphatic carboxylic acids is 1. The monoisotopic (exact) mass is 302 g/mol. The maximum absolute atomic E-state index is 12.0. The maximum atomic E-state index is 12.0. The lowest BCUT2D eigenvalue weighted by molar-refractivity contribution is -0.142. The highest BCUT2D eigenvalue weighted by molar-refractivity contribution is 5.77. The van der Waals surface area contributed by atoms with E-state index in [2.05, 4.69) is 19.2 Å². The van der Waals surface area contributed by atoms with Crippen molar-refractivity contribution in [1.29, 1.82) is 0 Å². The Labute approximate surface area is 125 Å². The molecule has 122 valence electrons. The van der Waals surface area contributed by atoms with Crippen molar-refractivity contribution in [3.05, 3.63) is 0 Å². The van der Waals surface area contributed by atoms with E-state index in [0.717, 1.165) is 6.42 Å². The summed E-state index contributed by atoms with van der Waals surface area (Å²) in [6, 6.07) is -0.694. The predicted octanol–water partition coefficient (Wildman–Crippen LogP) is 0.790. The Bertz CT molecular complexity index is 348. The van der Waals surface area contributed by atoms with Gasteiger partial charge in [-0.15, -0.1) is 0 Å². The summed E-state index contributed by atoms with van der Waals surface area (Å²) in [5.41, 5.74) is 0. The van der Waals surface area contributed by atoms with Crippen LogP contribution in [0.4, 0.5) is 4.79 Å². The molecule has 1 fully saturated rings. The van der Waals surface area contributed by atoms with Crippen LogP contribution >= 0.6 is 0 Å². The summed E-state index contributed by atoms with van der Waals surface area (Å²) in [4.78, 5) is 24.5. The normalized spacial score (nSPS) is 21.5. The zero-order chi connectivity index (χ0) is 15.8. The predicted molar refractivity (Wildman–Crippen MR) is 77.2 cm³/mol. The molecule has 1 heterocycles. The summed E-state index contributed by atoms with van der Waals surface area (Å²) in [5, 5.41) is 11.8. The number of carbonyl (C=O) groups is 2. The number of ether oxygens (including phenoxy) is 2. The molecule has 1 aliphatic heterocycles. The van der Waals surface area contributed by atoms with Gasteiger partial charge in [0.1, 0.15) is 5.92 Å². The molecule has 0 aliphatic carbocycles. The van der Waals surface area contributed by atoms with Crippen LogP contribution in [0.5, 0.6) is 0 Å². The minimum atomic E-state index is -0.931. The van der Waals surface area contributed by atoms with Gasteiger partial charge in [-0.25, -0.2) is 4.79 Å². The molecule has 0 bridgehead atoms. The Morgan fingerprint density at radius 1 is 1.43 bits per heavy atom. The maximum Gasteiger partial charge on any atom is 0.317 e. The van der Waals surface area contributed by atoms with Crippen molar-refractivity contribution >= 4 is 12.0 Å². The Hall–Kier alpha value is -1.34. The first-order chi connectivity index (χ1) is 9.93. The first kappa shape index (κ1) is 17.7. The summed E-state index contributed by atoms with van der Waals surface area (Å²) in [5.74, 6) is -1.09. The highest BCUT2D eigenvalue weighted by atomic mass is 16.5. The van der Waals surface area contributed by atoms with Gasteiger partial charge >= 0.3 is 12.0 Å². The number of hydrogen-bond acceptors (Lipinski definition) is 4. The lowest BCUT2D eigenvalue weighted by Gasteiger charge is -2.26. The molecule has 0 radical (unpaired) electrons. The molecule has 0 aromatic heterocycles. The molecule has 0 aromatic carbocycles. The van der Waals surface area contributed by atoms with E-state index in [4.69, 9.17) is 14.6 Å². The molecular weight excluding hydrogens is 276 g/mol. The van der Waals surface area contributed by atoms with Gasteiger partial charge in [0.15, 0.2) is 0 Å². The molecule has 1 saturated heterocycles. The highest BCUT2D eigenvalue weighted by Crippen LogP contribution is 2.18. The van der Waals surface area contributed by atoms with Crippen LogP contribution < -0.4 is 5.32 Å². The summed E-state index contributed by atoms with van der Waals surface area (Å²) in [6.45, 7) is 6.41. The topological polar surface area (TPSA) is 88.1 Å². The smallest absolute Gasteiger partial charge is 0.317 e. The van der Waals surface area contributed by atoms with E-state index in [9.17, 15) is 9.59 Å². The van der Waals surface area contributed by atoms with Gasteiger partial charge < -0.3 is 24.8 Å². The summed E-state index contributed by atoms with van der Waals surface area (Å²) >= 11 is 0. The third-order valence-electron chi connectivity index (χ3n) is 3.38. The Balaban J connectivity index is 2.23. The van der Waals surface area contributed by atoms with Gasteiger partial charge in [0.2, 0.25) is 0 Å². The summed E-state index contributed by atoms with van der Waals surface area (Å²) in [6.07, 6.45) is 0.732. The van der Waals surface area contributed by atoms with Gasteiger partial charge in [-0.2, -0.15) is 0 Å². The molecule has 2 atom stereocenters. The number of likely N-dealkylation sites (N-methyl/N-ethyl adjacent to an activating group) is 1. The van der Waals surface area contributed by atoms with Gasteiger partial charge in [0, 0.05) is 26.8 Å². The fraction of sp³-hybridized carbons (Fsp3) is 0.857. The van der Waals surface area contributed by atoms with Crippen molar-refractivity contribution in [2.45, 2.75) is 26.3 Å². The molecule has 21 heavy (non-hydrogen) atoms. The second-order valence-electron chi connectivity index (χ2n) is 5.71. The van der Waals surface area contributed by atoms with Gasteiger partial charge in [-0.3, -0.25) is 4.79 Å². The molecular formula is C14H26N2O5. The summed E-state index contributed by atoms with van der Waals surface area (Å²) < 4.78 is 10.6. The number of rotatable bonds is 8. The number of nitrogens with one attached hydrogen (secondary N) is 1. The molecule has 2 amide bonds. The van der Waals surface area contributed by atoms with E-state index in [0.29, 0.717) is 25.7 Å². The third kappa shape index (κ3) is 5.89. The number of hydrogen-bond donors (Lipinski definition) is 2. The van der Waals surface area contributed by atoms with E-state index in [1.165, 1.54) is 4.90 Å². The number of carboxylic acids is 1. The summed E-state index contributed by atoms with van der Waals surface area (Å²) in [7, 11) is 1.60. The van der Waals surface area contributed by atoms with E-state index < -0.39 is 17.9 Å². The van der Waals surface area contributed by atoms with Gasteiger partial charge in [0.05, 0.1) is 19.3 Å². The van der Waals surface area contributed by atoms with Crippen LogP contribution in [-0.2, 0) is 14.3 Å². The van der Waals surface area contributed by atoms with Crippen LogP contribution in [0.15, 0.2) is 0 Å². The van der Waals surface area contributed by atoms with E-state index in [1.807, 2.05) is 0 Å². The van der Waals surface area contributed by atoms with Crippen molar-refractivity contribution in [3.8, 4) is 0 Å². The van der Waals surface area contributed by atoms with Crippen LogP contribution in [-0.4, -0.2) is 68.1 Å². The fourth-order valence-corrected chi connectivity index (χ4v) is 2.12. The average molecular weight is 302 g/mol. The Morgan fingerprint density at radius 3 is 2.76 bits per heavy atom. The number of carbonyl (C=O) groups excluding carboxylic acids is 1. The van der Waals surface area contributed by atoms with Gasteiger partial charge in [-0.05, 0) is 12.3 Å². The third-order valence-corrected chi connectivity index (χ3v) is 3.38. The molecule has 0 aromatic rings. The first-order valence-electron chi connectivity index (χ1n) is 7.32. The molecule has 7 heteroatoms. The fourth-order valence-electron chi connectivity index (χ4n) is 2.12. The van der Waals surface area contributed by atoms with E-state index >= 15 is 0 Å². The van der Waals surface area contributed by atoms with Gasteiger partial charge in [-0.1, -0.05) is 13.8 Å². The zero-order valence-electron chi connectivity index (χ0n) is 13.0. The number of urea groups is 1. The lowest BCUT2D eigenvalue weighted by Crippen LogP contribution is -2.48. The quantitative estimate of drug-likeness (QED) is 0.647. The van der Waals surface area contributed by atoms with E-state index in [1.54, 1.807) is 7.05 Å². The molecule has 2 N–H and O–H groups in total. The van der Waals surface area contributed by atoms with Crippen molar-refractivity contribution in [3.63, 3.8) is 0 Å². The molecule has 2 unspecified atom stereocenters. The van der Waals surface area contributed by atoms with E-state index in [-0.39, 0.29) is 19.2 Å². The lowest BCUT2D eigenvalue weighted by atomic mass is 10.0. The molecule has 7 nitrogen and oxygen atoms in total. The molecule has 1 aliphatic rings. The number of amides is 2. The zero-order valence-corrected chi connectivity index (χ0v) is 13.0. The second kappa shape index (κ2) is 8.84. The SMILES string of the molecule is CC(C)COCCCNC(=O)N(C)C1COCC1C(=O)O. The number of carboxylic acid groups (broad SMARTS) is 1. The van der Waals surface area contributed by atoms with Gasteiger partial charge in [0.25, 0.3) is 0 Å². The highest BCUT2D eigenvalue weighted by Gasteiger charge is 2.38. The van der Waals surface area contributed by atoms with Crippen LogP contribution in [0, 0.1) is 11.8 Å². The molecule has 0 spiro atoms. The number of nitrogens with zero attached hydrogens (tertiary/aromatic N) is 1. The standard InChI is InChI=1S/C14H26N2O5/c1-10(2)7-20-6-4-5-15-14(19)16(3)12-9-21-8-11(12)13(17)18/h10-12H,4-9H2,1-3H3,(H,15,19)(H,17,18). The molecule has 1 rings (SSSR count). The van der Waals surface area contributed by atoms with Crippen molar-refractivity contribution in [2.75, 3.05) is 40.0 Å². The Kier molecular flexibility index (Phi) is 7.45. The minimum absolute atomic E-state index is 0.153. The van der Waals surface area contributed by atoms with Crippen molar-refractivity contribution < 1.29 is 24.2 Å². The van der Waals surface area contributed by atoms with Crippen molar-refractivity contribution in [1.82, 2.24) is 10.2 Å². The average Bonchev–Trinajstić information content (AvgIpc) is 2.90. The first-order valence-corrected chi connectivity index (χ1v) is 7.32. The minimum Gasteiger partial charge on any atom is -0.481 e. The second-order valence-corrected chi connectivity index (χ2v) is 5.71. The van der Waals surface area contributed by atoms with Crippen LogP contribution in [0.25, 0.3) is 0 Å². The molecule has 0 saturated carbocycles. The Morgan fingerprint density at radius 2 is 2.14 bits per heavy atom. The van der Waals surface area contributed by atoms with Crippen LogP contribution in [0.3, 0.4) is 0 Å². The van der Waals surface area contributed by atoms with Crippen LogP contribution in [0.1, 0.15) is 20.3 Å². The largest absolute Gasteiger partial charge is 0.481 e. The van der Waals surface area contributed by atoms with Crippen molar-refractivity contribution in [2.24, 2.45) is 11.8 Å². The van der Waals surface area contributed by atoms with Crippen LogP contribution in [0.2, 0.25) is 0 Å².